The zero-order chi connectivity index (χ0) is 10.3. The van der Waals surface area contributed by atoms with Gasteiger partial charge in [0.05, 0.1) is 6.04 Å². The third kappa shape index (κ3) is 1.31. The number of hydrogen-bond acceptors (Lipinski definition) is 2. The Labute approximate surface area is 89.1 Å². The average Bonchev–Trinajstić information content (AvgIpc) is 2.61. The van der Waals surface area contributed by atoms with Gasteiger partial charge in [-0.1, -0.05) is 6.07 Å². The number of nitrogens with zero attached hydrogens (tertiary/aromatic N) is 1. The van der Waals surface area contributed by atoms with Gasteiger partial charge in [0.1, 0.15) is 0 Å². The van der Waals surface area contributed by atoms with Crippen LogP contribution in [0.2, 0.25) is 0 Å². The van der Waals surface area contributed by atoms with Crippen LogP contribution in [0.5, 0.6) is 0 Å². The molecular formula is C12H15N3. The van der Waals surface area contributed by atoms with Crippen molar-refractivity contribution in [2.24, 2.45) is 0 Å². The number of aromatic amines is 1. The highest BCUT2D eigenvalue weighted by Gasteiger charge is 2.22. The lowest BCUT2D eigenvalue weighted by molar-refractivity contribution is 0.429. The van der Waals surface area contributed by atoms with Crippen molar-refractivity contribution in [3.05, 3.63) is 30.5 Å². The fourth-order valence-corrected chi connectivity index (χ4v) is 2.12. The van der Waals surface area contributed by atoms with Crippen molar-refractivity contribution in [3.63, 3.8) is 0 Å². The summed E-state index contributed by atoms with van der Waals surface area (Å²) in [5.41, 5.74) is 2.53. The normalized spacial score (nSPS) is 16.6. The van der Waals surface area contributed by atoms with Crippen LogP contribution in [0.15, 0.2) is 30.5 Å². The molecule has 1 aliphatic rings. The van der Waals surface area contributed by atoms with Crippen LogP contribution in [-0.2, 0) is 0 Å². The molecule has 0 bridgehead atoms. The van der Waals surface area contributed by atoms with Crippen molar-refractivity contribution in [1.82, 2.24) is 10.3 Å². The molecule has 0 spiro atoms. The van der Waals surface area contributed by atoms with E-state index in [0.717, 1.165) is 13.1 Å². The topological polar surface area (TPSA) is 31.1 Å². The number of hydrogen-bond donors (Lipinski definition) is 2. The van der Waals surface area contributed by atoms with Gasteiger partial charge in [-0.25, -0.2) is 0 Å². The van der Waals surface area contributed by atoms with Crippen LogP contribution >= 0.6 is 0 Å². The van der Waals surface area contributed by atoms with E-state index in [2.05, 4.69) is 46.5 Å². The Balaban J connectivity index is 2.05. The summed E-state index contributed by atoms with van der Waals surface area (Å²) >= 11 is 0. The minimum absolute atomic E-state index is 0.644. The molecule has 2 N–H and O–H groups in total. The van der Waals surface area contributed by atoms with Crippen LogP contribution in [0.1, 0.15) is 0 Å². The Hall–Kier alpha value is -1.48. The van der Waals surface area contributed by atoms with Gasteiger partial charge in [-0.05, 0) is 18.2 Å². The predicted octanol–water partition coefficient (Wildman–Crippen LogP) is 1.58. The molecule has 78 valence electrons. The average molecular weight is 201 g/mol. The van der Waals surface area contributed by atoms with Crippen LogP contribution < -0.4 is 10.2 Å². The second kappa shape index (κ2) is 3.28. The lowest BCUT2D eigenvalue weighted by atomic mass is 10.1. The second-order valence-electron chi connectivity index (χ2n) is 4.14. The Morgan fingerprint density at radius 3 is 2.87 bits per heavy atom. The van der Waals surface area contributed by atoms with E-state index < -0.39 is 0 Å². The summed E-state index contributed by atoms with van der Waals surface area (Å²) in [5, 5.41) is 4.62. The fourth-order valence-electron chi connectivity index (χ4n) is 2.12. The molecule has 2 aromatic rings. The lowest BCUT2D eigenvalue weighted by Gasteiger charge is -2.37. The Bertz CT molecular complexity index is 470. The summed E-state index contributed by atoms with van der Waals surface area (Å²) in [6, 6.07) is 9.20. The van der Waals surface area contributed by atoms with Crippen molar-refractivity contribution in [3.8, 4) is 0 Å². The van der Waals surface area contributed by atoms with Gasteiger partial charge in [-0.2, -0.15) is 0 Å². The number of nitrogens with one attached hydrogen (secondary N) is 2. The molecule has 0 atom stereocenters. The van der Waals surface area contributed by atoms with Crippen molar-refractivity contribution in [2.75, 3.05) is 25.0 Å². The summed E-state index contributed by atoms with van der Waals surface area (Å²) < 4.78 is 0. The van der Waals surface area contributed by atoms with Gasteiger partial charge < -0.3 is 15.2 Å². The highest BCUT2D eigenvalue weighted by molar-refractivity contribution is 5.92. The first-order valence-corrected chi connectivity index (χ1v) is 5.36. The molecule has 1 fully saturated rings. The molecule has 0 unspecified atom stereocenters. The maximum atomic E-state index is 3.30. The highest BCUT2D eigenvalue weighted by atomic mass is 15.2. The van der Waals surface area contributed by atoms with E-state index in [1.165, 1.54) is 16.6 Å². The van der Waals surface area contributed by atoms with E-state index in [-0.39, 0.29) is 0 Å². The standard InChI is InChI=1S/C12H15N3/c1-15(9-7-13-8-9)12-4-2-3-11-10(12)5-6-14-11/h2-6,9,13-14H,7-8H2,1H3. The Kier molecular flexibility index (Phi) is 1.92. The first kappa shape index (κ1) is 8.80. The first-order valence-electron chi connectivity index (χ1n) is 5.36. The number of anilines is 1. The van der Waals surface area contributed by atoms with Gasteiger partial charge in [-0.3, -0.25) is 0 Å². The molecular weight excluding hydrogens is 186 g/mol. The van der Waals surface area contributed by atoms with E-state index in [4.69, 9.17) is 0 Å². The third-order valence-electron chi connectivity index (χ3n) is 3.26. The van der Waals surface area contributed by atoms with Crippen molar-refractivity contribution >= 4 is 16.6 Å². The summed E-state index contributed by atoms with van der Waals surface area (Å²) in [6.07, 6.45) is 2.00. The number of likely N-dealkylation sites (N-methyl/N-ethyl adjacent to an activating group) is 1. The molecule has 3 rings (SSSR count). The molecule has 1 aromatic heterocycles. The van der Waals surface area contributed by atoms with Crippen molar-refractivity contribution < 1.29 is 0 Å². The highest BCUT2D eigenvalue weighted by Crippen LogP contribution is 2.27. The van der Waals surface area contributed by atoms with Crippen LogP contribution in [0.25, 0.3) is 10.9 Å². The van der Waals surface area contributed by atoms with Crippen molar-refractivity contribution in [2.45, 2.75) is 6.04 Å². The number of aromatic nitrogens is 1. The quantitative estimate of drug-likeness (QED) is 0.773. The number of rotatable bonds is 2. The zero-order valence-corrected chi connectivity index (χ0v) is 8.83. The number of fused-ring (bicyclic) bond motifs is 1. The van der Waals surface area contributed by atoms with Crippen molar-refractivity contribution in [1.29, 1.82) is 0 Å². The van der Waals surface area contributed by atoms with Gasteiger partial charge in [0.2, 0.25) is 0 Å². The van der Waals surface area contributed by atoms with E-state index in [0.29, 0.717) is 6.04 Å². The molecule has 0 aliphatic carbocycles. The largest absolute Gasteiger partial charge is 0.369 e. The van der Waals surface area contributed by atoms with Gasteiger partial charge in [0, 0.05) is 42.9 Å². The molecule has 1 aliphatic heterocycles. The van der Waals surface area contributed by atoms with Gasteiger partial charge in [0.25, 0.3) is 0 Å². The summed E-state index contributed by atoms with van der Waals surface area (Å²) in [6.45, 7) is 2.19. The van der Waals surface area contributed by atoms with Crippen LogP contribution in [-0.4, -0.2) is 31.2 Å². The molecule has 0 radical (unpaired) electrons. The van der Waals surface area contributed by atoms with Crippen LogP contribution in [0, 0.1) is 0 Å². The SMILES string of the molecule is CN(c1cccc2[nH]ccc12)C1CNC1. The zero-order valence-electron chi connectivity index (χ0n) is 8.83. The van der Waals surface area contributed by atoms with E-state index in [1.54, 1.807) is 0 Å². The number of H-pyrrole nitrogens is 1. The fraction of sp³-hybridized carbons (Fsp3) is 0.333. The summed E-state index contributed by atoms with van der Waals surface area (Å²) in [5.74, 6) is 0. The molecule has 2 heterocycles. The van der Waals surface area contributed by atoms with E-state index >= 15 is 0 Å². The first-order chi connectivity index (χ1) is 7.36. The van der Waals surface area contributed by atoms with E-state index in [9.17, 15) is 0 Å². The molecule has 0 amide bonds. The van der Waals surface area contributed by atoms with Crippen LogP contribution in [0.4, 0.5) is 5.69 Å². The smallest absolute Gasteiger partial charge is 0.0535 e. The summed E-state index contributed by atoms with van der Waals surface area (Å²) in [7, 11) is 2.17. The van der Waals surface area contributed by atoms with E-state index in [1.807, 2.05) is 6.20 Å². The molecule has 1 saturated heterocycles. The third-order valence-corrected chi connectivity index (χ3v) is 3.26. The monoisotopic (exact) mass is 201 g/mol. The molecule has 0 saturated carbocycles. The summed E-state index contributed by atoms with van der Waals surface area (Å²) in [4.78, 5) is 5.62. The Morgan fingerprint density at radius 2 is 2.13 bits per heavy atom. The maximum Gasteiger partial charge on any atom is 0.0535 e. The second-order valence-corrected chi connectivity index (χ2v) is 4.14. The number of benzene rings is 1. The molecule has 1 aromatic carbocycles. The maximum absolute atomic E-state index is 3.30. The molecule has 3 heteroatoms. The minimum Gasteiger partial charge on any atom is -0.369 e. The Morgan fingerprint density at radius 1 is 1.27 bits per heavy atom. The van der Waals surface area contributed by atoms with Gasteiger partial charge >= 0.3 is 0 Å². The van der Waals surface area contributed by atoms with Crippen LogP contribution in [0.3, 0.4) is 0 Å². The predicted molar refractivity (Wildman–Crippen MR) is 63.4 cm³/mol. The minimum atomic E-state index is 0.644. The molecule has 3 nitrogen and oxygen atoms in total. The van der Waals surface area contributed by atoms with Gasteiger partial charge in [0.15, 0.2) is 0 Å². The lowest BCUT2D eigenvalue weighted by Crippen LogP contribution is -2.56. The van der Waals surface area contributed by atoms with Gasteiger partial charge in [-0.15, -0.1) is 0 Å². The molecule has 15 heavy (non-hydrogen) atoms.